The van der Waals surface area contributed by atoms with Crippen LogP contribution in [0.4, 0.5) is 8.78 Å². The van der Waals surface area contributed by atoms with Crippen LogP contribution in [-0.4, -0.2) is 49.7 Å². The first-order chi connectivity index (χ1) is 16.8. The number of nitrogens with one attached hydrogen (secondary N) is 4. The molecular weight excluding hydrogens is 456 g/mol. The molecule has 1 aliphatic carbocycles. The number of aromatic nitrogens is 4. The largest absolute Gasteiger partial charge is 0.356 e. The number of imidazole rings is 1. The van der Waals surface area contributed by atoms with E-state index in [0.29, 0.717) is 42.4 Å². The number of hydrogen-bond donors (Lipinski definition) is 4. The molecule has 11 heteroatoms. The average molecular weight is 488 g/mol. The van der Waals surface area contributed by atoms with E-state index in [-0.39, 0.29) is 49.3 Å². The van der Waals surface area contributed by atoms with Gasteiger partial charge in [-0.2, -0.15) is 5.10 Å². The van der Waals surface area contributed by atoms with Crippen molar-refractivity contribution in [1.82, 2.24) is 30.4 Å². The van der Waals surface area contributed by atoms with Crippen molar-refractivity contribution in [3.8, 4) is 0 Å². The van der Waals surface area contributed by atoms with Crippen LogP contribution in [0.3, 0.4) is 0 Å². The number of allylic oxidation sites excluding steroid dienone is 1. The molecule has 2 atom stereocenters. The van der Waals surface area contributed by atoms with Crippen LogP contribution >= 0.6 is 0 Å². The Morgan fingerprint density at radius 1 is 1.37 bits per heavy atom. The summed E-state index contributed by atoms with van der Waals surface area (Å²) in [6.07, 6.45) is 7.66. The Balaban J connectivity index is 1.48. The van der Waals surface area contributed by atoms with Crippen LogP contribution in [0.1, 0.15) is 73.5 Å². The maximum atomic E-state index is 13.8. The number of halogens is 2. The number of rotatable bonds is 9. The van der Waals surface area contributed by atoms with Gasteiger partial charge in [-0.1, -0.05) is 0 Å². The quantitative estimate of drug-likeness (QED) is 0.404. The van der Waals surface area contributed by atoms with Gasteiger partial charge in [0.1, 0.15) is 11.5 Å². The molecule has 2 aromatic rings. The molecule has 4 rings (SSSR count). The lowest BCUT2D eigenvalue weighted by molar-refractivity contribution is -0.122. The fourth-order valence-corrected chi connectivity index (χ4v) is 4.77. The van der Waals surface area contributed by atoms with Crippen molar-refractivity contribution in [1.29, 1.82) is 5.41 Å². The van der Waals surface area contributed by atoms with Crippen LogP contribution in [0.15, 0.2) is 24.5 Å². The van der Waals surface area contributed by atoms with Gasteiger partial charge in [-0.15, -0.1) is 0 Å². The van der Waals surface area contributed by atoms with Crippen molar-refractivity contribution in [3.05, 3.63) is 41.7 Å². The molecule has 2 aromatic heterocycles. The van der Waals surface area contributed by atoms with Gasteiger partial charge in [-0.3, -0.25) is 14.3 Å². The van der Waals surface area contributed by atoms with Gasteiger partial charge in [0, 0.05) is 56.4 Å². The SMILES string of the molecule is CCn1nccc1C(=O)N[C@H](c1c[nH]c(/C=C\C(=N)CC2CCNC2=O)n1)C1CCC(F)(F)CC1. The summed E-state index contributed by atoms with van der Waals surface area (Å²) < 4.78 is 29.2. The molecule has 3 heterocycles. The van der Waals surface area contributed by atoms with E-state index in [0.717, 1.165) is 6.42 Å². The van der Waals surface area contributed by atoms with Crippen LogP contribution in [0, 0.1) is 17.2 Å². The lowest BCUT2D eigenvalue weighted by atomic mass is 9.81. The number of carbonyl (C=O) groups excluding carboxylic acids is 2. The standard InChI is InChI=1S/C24H31F2N7O2/c1-2-33-19(8-12-30-33)23(35)32-21(15-5-9-24(25,26)10-6-15)18-14-29-20(31-18)4-3-17(27)13-16-7-11-28-22(16)34/h3-4,8,12,14-16,21,27H,2,5-7,9-11,13H2,1H3,(H,28,34)(H,29,31)(H,32,35)/b4-3-,27-17?/t16?,21-/m0/s1. The minimum Gasteiger partial charge on any atom is -0.356 e. The predicted molar refractivity (Wildman–Crippen MR) is 126 cm³/mol. The number of H-pyrrole nitrogens is 1. The minimum absolute atomic E-state index is 0.0236. The molecule has 2 fully saturated rings. The van der Waals surface area contributed by atoms with Gasteiger partial charge in [-0.05, 0) is 50.3 Å². The van der Waals surface area contributed by atoms with Gasteiger partial charge in [0.25, 0.3) is 5.91 Å². The molecule has 0 bridgehead atoms. The molecule has 0 radical (unpaired) electrons. The third-order valence-corrected chi connectivity index (χ3v) is 6.78. The maximum Gasteiger partial charge on any atom is 0.270 e. The Hall–Kier alpha value is -3.37. The molecule has 1 saturated heterocycles. The van der Waals surface area contributed by atoms with E-state index in [1.165, 1.54) is 0 Å². The minimum atomic E-state index is -2.68. The van der Waals surface area contributed by atoms with Gasteiger partial charge < -0.3 is 21.0 Å². The van der Waals surface area contributed by atoms with Crippen molar-refractivity contribution >= 4 is 23.6 Å². The van der Waals surface area contributed by atoms with Crippen LogP contribution < -0.4 is 10.6 Å². The number of carbonyl (C=O) groups is 2. The summed E-state index contributed by atoms with van der Waals surface area (Å²) in [5.74, 6) is -2.91. The van der Waals surface area contributed by atoms with E-state index in [1.54, 1.807) is 35.3 Å². The molecule has 35 heavy (non-hydrogen) atoms. The second kappa shape index (κ2) is 10.5. The maximum absolute atomic E-state index is 13.8. The number of nitrogens with zero attached hydrogens (tertiary/aromatic N) is 3. The van der Waals surface area contributed by atoms with Crippen LogP contribution in [0.25, 0.3) is 6.08 Å². The summed E-state index contributed by atoms with van der Waals surface area (Å²) in [6.45, 7) is 3.05. The van der Waals surface area contributed by atoms with Gasteiger partial charge >= 0.3 is 0 Å². The number of alkyl halides is 2. The number of amides is 2. The van der Waals surface area contributed by atoms with Gasteiger partial charge in [0.2, 0.25) is 11.8 Å². The van der Waals surface area contributed by atoms with Crippen LogP contribution in [0.5, 0.6) is 0 Å². The van der Waals surface area contributed by atoms with Crippen molar-refractivity contribution in [3.63, 3.8) is 0 Å². The molecular formula is C24H31F2N7O2. The summed E-state index contributed by atoms with van der Waals surface area (Å²) in [5, 5.41) is 18.1. The molecule has 1 aliphatic heterocycles. The van der Waals surface area contributed by atoms with E-state index in [9.17, 15) is 18.4 Å². The number of aromatic amines is 1. The first-order valence-corrected chi connectivity index (χ1v) is 12.0. The Bertz CT molecular complexity index is 1100. The van der Waals surface area contributed by atoms with Crippen molar-refractivity contribution in [2.75, 3.05) is 6.54 Å². The fourth-order valence-electron chi connectivity index (χ4n) is 4.77. The molecule has 9 nitrogen and oxygen atoms in total. The highest BCUT2D eigenvalue weighted by atomic mass is 19.3. The van der Waals surface area contributed by atoms with Gasteiger partial charge in [0.05, 0.1) is 11.7 Å². The highest BCUT2D eigenvalue weighted by Gasteiger charge is 2.39. The zero-order chi connectivity index (χ0) is 25.0. The molecule has 4 N–H and O–H groups in total. The van der Waals surface area contributed by atoms with Gasteiger partial charge in [-0.25, -0.2) is 13.8 Å². The van der Waals surface area contributed by atoms with E-state index >= 15 is 0 Å². The molecule has 1 unspecified atom stereocenters. The average Bonchev–Trinajstić information content (AvgIpc) is 3.58. The van der Waals surface area contributed by atoms with E-state index in [2.05, 4.69) is 25.7 Å². The predicted octanol–water partition coefficient (Wildman–Crippen LogP) is 3.48. The molecule has 188 valence electrons. The third kappa shape index (κ3) is 6.01. The molecule has 0 aromatic carbocycles. The van der Waals surface area contributed by atoms with E-state index < -0.39 is 12.0 Å². The third-order valence-electron chi connectivity index (χ3n) is 6.78. The summed E-state index contributed by atoms with van der Waals surface area (Å²) in [5.41, 5.74) is 1.27. The molecule has 2 aliphatic rings. The van der Waals surface area contributed by atoms with Crippen molar-refractivity contribution in [2.45, 2.75) is 64.0 Å². The second-order valence-corrected chi connectivity index (χ2v) is 9.23. The van der Waals surface area contributed by atoms with Crippen LogP contribution in [-0.2, 0) is 11.3 Å². The summed E-state index contributed by atoms with van der Waals surface area (Å²) >= 11 is 0. The smallest absolute Gasteiger partial charge is 0.270 e. The molecule has 2 amide bonds. The number of aryl methyl sites for hydroxylation is 1. The monoisotopic (exact) mass is 487 g/mol. The first-order valence-electron chi connectivity index (χ1n) is 12.0. The lowest BCUT2D eigenvalue weighted by Gasteiger charge is -2.33. The van der Waals surface area contributed by atoms with Crippen molar-refractivity contribution in [2.24, 2.45) is 11.8 Å². The lowest BCUT2D eigenvalue weighted by Crippen LogP contribution is -2.38. The highest BCUT2D eigenvalue weighted by Crippen LogP contribution is 2.41. The topological polar surface area (TPSA) is 129 Å². The Morgan fingerprint density at radius 3 is 2.83 bits per heavy atom. The highest BCUT2D eigenvalue weighted by molar-refractivity contribution is 5.98. The Morgan fingerprint density at radius 2 is 2.14 bits per heavy atom. The number of hydrogen-bond acceptors (Lipinski definition) is 5. The van der Waals surface area contributed by atoms with E-state index in [1.807, 2.05) is 6.92 Å². The first kappa shape index (κ1) is 24.7. The summed E-state index contributed by atoms with van der Waals surface area (Å²) in [4.78, 5) is 32.4. The van der Waals surface area contributed by atoms with Crippen LogP contribution in [0.2, 0.25) is 0 Å². The second-order valence-electron chi connectivity index (χ2n) is 9.23. The Labute approximate surface area is 202 Å². The fraction of sp³-hybridized carbons (Fsp3) is 0.542. The zero-order valence-electron chi connectivity index (χ0n) is 19.7. The summed E-state index contributed by atoms with van der Waals surface area (Å²) in [7, 11) is 0. The molecule has 0 spiro atoms. The Kier molecular flexibility index (Phi) is 7.42. The van der Waals surface area contributed by atoms with Gasteiger partial charge in [0.15, 0.2) is 0 Å². The summed E-state index contributed by atoms with van der Waals surface area (Å²) in [6, 6.07) is 1.08. The normalized spacial score (nSPS) is 21.2. The van der Waals surface area contributed by atoms with E-state index in [4.69, 9.17) is 5.41 Å². The van der Waals surface area contributed by atoms with Crippen molar-refractivity contribution < 1.29 is 18.4 Å². The zero-order valence-corrected chi connectivity index (χ0v) is 19.7. The molecule has 1 saturated carbocycles.